The van der Waals surface area contributed by atoms with Gasteiger partial charge in [-0.25, -0.2) is 14.4 Å². The van der Waals surface area contributed by atoms with Gasteiger partial charge in [0.1, 0.15) is 11.2 Å². The van der Waals surface area contributed by atoms with Crippen molar-refractivity contribution in [3.63, 3.8) is 0 Å². The number of alkyl halides is 2. The van der Waals surface area contributed by atoms with Crippen LogP contribution in [0.1, 0.15) is 97.8 Å². The maximum Gasteiger partial charge on any atom is 0.333 e. The highest BCUT2D eigenvalue weighted by Crippen LogP contribution is 2.53. The molecule has 3 aliphatic carbocycles. The molecule has 8 aliphatic rings. The Hall–Kier alpha value is -1.86. The molecule has 0 unspecified atom stereocenters. The zero-order chi connectivity index (χ0) is 44.4. The molecule has 0 aromatic heterocycles. The van der Waals surface area contributed by atoms with Gasteiger partial charge in [0.15, 0.2) is 16.6 Å². The number of halogens is 3. The van der Waals surface area contributed by atoms with Crippen LogP contribution >= 0.6 is 23.2 Å². The maximum atomic E-state index is 12.2. The highest BCUT2D eigenvalue weighted by atomic mass is 35.5. The second-order valence-electron chi connectivity index (χ2n) is 19.0. The summed E-state index contributed by atoms with van der Waals surface area (Å²) in [5.41, 5.74) is -7.13. The van der Waals surface area contributed by atoms with E-state index in [-0.39, 0.29) is 59.4 Å². The molecule has 0 amide bonds. The molecule has 5 heterocycles. The van der Waals surface area contributed by atoms with Crippen LogP contribution in [0.3, 0.4) is 0 Å². The lowest BCUT2D eigenvalue weighted by Gasteiger charge is -2.55. The van der Waals surface area contributed by atoms with Crippen molar-refractivity contribution in [1.29, 1.82) is 0 Å². The van der Waals surface area contributed by atoms with E-state index >= 15 is 0 Å². The lowest BCUT2D eigenvalue weighted by molar-refractivity contribution is -0.238. The summed E-state index contributed by atoms with van der Waals surface area (Å²) >= 11 is 11.6. The first kappa shape index (κ1) is 53.8. The Morgan fingerprint density at radius 2 is 1.17 bits per heavy atom. The summed E-state index contributed by atoms with van der Waals surface area (Å²) < 4.78 is 11.3. The van der Waals surface area contributed by atoms with E-state index in [0.717, 1.165) is 70.6 Å². The summed E-state index contributed by atoms with van der Waals surface area (Å²) in [6.45, 7) is 7.44. The van der Waals surface area contributed by atoms with Crippen LogP contribution in [0.4, 0.5) is 0 Å². The molecule has 0 spiro atoms. The minimum Gasteiger partial charge on any atom is -1.00 e. The van der Waals surface area contributed by atoms with E-state index in [1.54, 1.807) is 0 Å². The van der Waals surface area contributed by atoms with Crippen molar-refractivity contribution >= 4 is 41.1 Å². The fourth-order valence-electron chi connectivity index (χ4n) is 12.1. The van der Waals surface area contributed by atoms with E-state index in [1.165, 1.54) is 6.92 Å². The monoisotopic (exact) mass is 950 g/mol. The van der Waals surface area contributed by atoms with Crippen molar-refractivity contribution in [1.82, 2.24) is 16.0 Å². The number of carbonyl (C=O) groups is 3. The molecule has 0 aromatic rings. The second kappa shape index (κ2) is 21.4. The second-order valence-corrected chi connectivity index (χ2v) is 19.8. The smallest absolute Gasteiger partial charge is 0.333 e. The average Bonchev–Trinajstić information content (AvgIpc) is 3.93. The van der Waals surface area contributed by atoms with E-state index in [1.807, 2.05) is 44.2 Å². The first-order chi connectivity index (χ1) is 29.0. The van der Waals surface area contributed by atoms with Gasteiger partial charge < -0.3 is 58.0 Å². The Morgan fingerprint density at radius 3 is 1.63 bits per heavy atom. The molecule has 5 aliphatic heterocycles. The fraction of sp³-hybridized carbons (Fsp3) is 0.800. The number of esters is 1. The van der Waals surface area contributed by atoms with Crippen LogP contribution in [0.25, 0.3) is 0 Å². The Morgan fingerprint density at radius 1 is 0.714 bits per heavy atom. The Bertz CT molecular complexity index is 1690. The largest absolute Gasteiger partial charge is 1.00 e. The zero-order valence-electron chi connectivity index (χ0n) is 36.7. The number of hydrogen-bond donors (Lipinski definition) is 9. The minimum absolute atomic E-state index is 0. The number of fused-ring (bicyclic) bond motifs is 2. The maximum absolute atomic E-state index is 12.2. The number of carboxylic acid groups (broad SMARTS) is 2. The van der Waals surface area contributed by atoms with Crippen LogP contribution < -0.4 is 28.4 Å². The standard InChI is InChI=1S/C15H24ClNO4.C15H22ClNO3.C15H23NO4.ClH.H2O/c1-14(21)11(7-8-16)9-17-15(14,13(19)20)12(18)10-5-3-2-4-6-10;1-14-11(7-8-16)9-17-15(14,13(19)20-14)12(18)10-5-3-2-4-6-10;1-14-11(7-8-20-14)9-16-15(14,13(18)19)12(17)10-5-3-2-4-6-10;;/h3,5,10-12,17-18,21H,2,4,6-9H2,1H3,(H,19,20);3,5,10-12,17-18H,2,4,6-9H2,1H3;3,5,10-12,16-17H,2,4,6-9H2,1H3,(H,18,19);1H;1H2/p-1/t3*10-,11+,12+,14+,15+;;/m111../s1. The third-order valence-corrected chi connectivity index (χ3v) is 16.5. The van der Waals surface area contributed by atoms with E-state index in [9.17, 15) is 45.0 Å². The molecule has 5 fully saturated rings. The number of ether oxygens (including phenoxy) is 2. The van der Waals surface area contributed by atoms with Gasteiger partial charge in [0.25, 0.3) is 0 Å². The quantitative estimate of drug-likeness (QED) is 0.0701. The van der Waals surface area contributed by atoms with Gasteiger partial charge in [0, 0.05) is 73.5 Å². The summed E-state index contributed by atoms with van der Waals surface area (Å²) in [6.07, 6.45) is 19.7. The van der Waals surface area contributed by atoms with Gasteiger partial charge in [-0.2, -0.15) is 0 Å². The van der Waals surface area contributed by atoms with Crippen molar-refractivity contribution in [3.8, 4) is 0 Å². The Kier molecular flexibility index (Phi) is 18.3. The summed E-state index contributed by atoms with van der Waals surface area (Å²) in [6, 6.07) is 0. The van der Waals surface area contributed by atoms with Gasteiger partial charge in [-0.3, -0.25) is 16.0 Å². The first-order valence-corrected chi connectivity index (χ1v) is 23.5. The summed E-state index contributed by atoms with van der Waals surface area (Å²) in [5.74, 6) is -1.98. The van der Waals surface area contributed by atoms with Crippen LogP contribution in [-0.4, -0.2) is 144 Å². The van der Waals surface area contributed by atoms with Crippen LogP contribution in [0, 0.1) is 35.5 Å². The van der Waals surface area contributed by atoms with E-state index in [4.69, 9.17) is 32.7 Å². The van der Waals surface area contributed by atoms with Crippen LogP contribution in [0.15, 0.2) is 36.5 Å². The van der Waals surface area contributed by atoms with Crippen molar-refractivity contribution < 1.29 is 72.4 Å². The number of hydrogen-bond acceptors (Lipinski definition) is 12. The zero-order valence-corrected chi connectivity index (χ0v) is 39.0. The number of aliphatic hydroxyl groups excluding tert-OH is 3. The molecule has 0 saturated carbocycles. The summed E-state index contributed by atoms with van der Waals surface area (Å²) in [4.78, 5) is 36.1. The topological polar surface area (TPSA) is 259 Å². The predicted octanol–water partition coefficient (Wildman–Crippen LogP) is -0.163. The number of carbonyl (C=O) groups excluding carboxylic acids is 1. The lowest BCUT2D eigenvalue weighted by atomic mass is 9.64. The van der Waals surface area contributed by atoms with E-state index in [2.05, 4.69) is 22.0 Å². The average molecular weight is 952 g/mol. The molecule has 15 atom stereocenters. The molecule has 8 rings (SSSR count). The number of carboxylic acids is 2. The Balaban J connectivity index is 0.000000204. The molecule has 5 saturated heterocycles. The SMILES string of the molecule is C[C@@]12OC(=O)[C@]1([C@@H](O)[C@@H]1C=CCCC1)NC[C@@H]2CCCl.C[C@]1(O)[C@@H](CCCl)CN[C@]1(C(=O)O)[C@@H](O)[C@@H]1C=CCCC1.C[C@]12OCC[C@H]1CN[C@]2(C(=O)O)[C@@H](O)[C@@H]1C=CCCC1.O.[Cl-]. The highest BCUT2D eigenvalue weighted by Gasteiger charge is 2.76. The van der Waals surface area contributed by atoms with Gasteiger partial charge in [0.05, 0.1) is 23.9 Å². The molecule has 63 heavy (non-hydrogen) atoms. The van der Waals surface area contributed by atoms with Crippen molar-refractivity contribution in [2.75, 3.05) is 38.0 Å². The van der Waals surface area contributed by atoms with Gasteiger partial charge >= 0.3 is 17.9 Å². The highest BCUT2D eigenvalue weighted by molar-refractivity contribution is 6.18. The van der Waals surface area contributed by atoms with Gasteiger partial charge in [-0.15, -0.1) is 23.2 Å². The number of aliphatic carboxylic acids is 2. The minimum atomic E-state index is -1.75. The molecule has 15 nitrogen and oxygen atoms in total. The number of nitrogens with one attached hydrogen (secondary N) is 3. The first-order valence-electron chi connectivity index (χ1n) is 22.4. The van der Waals surface area contributed by atoms with E-state index in [0.29, 0.717) is 44.4 Å². The molecule has 18 heteroatoms. The third-order valence-electron chi connectivity index (χ3n) is 16.1. The van der Waals surface area contributed by atoms with Crippen LogP contribution in [0.5, 0.6) is 0 Å². The van der Waals surface area contributed by atoms with Crippen molar-refractivity contribution in [3.05, 3.63) is 36.5 Å². The molecule has 0 aromatic carbocycles. The lowest BCUT2D eigenvalue weighted by Crippen LogP contribution is -3.00. The van der Waals surface area contributed by atoms with E-state index < -0.39 is 63.7 Å². The van der Waals surface area contributed by atoms with Gasteiger partial charge in [-0.05, 0) is 97.8 Å². The number of aliphatic hydroxyl groups is 4. The number of rotatable bonds is 12. The van der Waals surface area contributed by atoms with Crippen molar-refractivity contribution in [2.45, 2.75) is 150 Å². The fourth-order valence-corrected chi connectivity index (χ4v) is 12.6. The van der Waals surface area contributed by atoms with Gasteiger partial charge in [0.2, 0.25) is 0 Å². The molecular weight excluding hydrogens is 881 g/mol. The predicted molar refractivity (Wildman–Crippen MR) is 234 cm³/mol. The summed E-state index contributed by atoms with van der Waals surface area (Å²) in [5, 5.41) is 72.1. The van der Waals surface area contributed by atoms with Crippen molar-refractivity contribution in [2.24, 2.45) is 35.5 Å². The Labute approximate surface area is 387 Å². The normalized spacial score (nSPS) is 42.3. The number of allylic oxidation sites excluding steroid dienone is 3. The van der Waals surface area contributed by atoms with Crippen LogP contribution in [-0.2, 0) is 23.9 Å². The van der Waals surface area contributed by atoms with Gasteiger partial charge in [-0.1, -0.05) is 36.5 Å². The third kappa shape index (κ3) is 8.90. The molecule has 11 N–H and O–H groups in total. The summed E-state index contributed by atoms with van der Waals surface area (Å²) in [7, 11) is 0. The molecule has 360 valence electrons. The molecule has 0 bridgehead atoms. The van der Waals surface area contributed by atoms with Crippen LogP contribution in [0.2, 0.25) is 0 Å². The molecular formula is C45H71Cl3N3O12-. The molecule has 0 radical (unpaired) electrons.